The van der Waals surface area contributed by atoms with Crippen molar-refractivity contribution in [3.05, 3.63) is 31.5 Å². The second-order valence-corrected chi connectivity index (χ2v) is 5.29. The van der Waals surface area contributed by atoms with Gasteiger partial charge in [0.1, 0.15) is 0 Å². The molecule has 2 rings (SSSR count). The predicted octanol–water partition coefficient (Wildman–Crippen LogP) is -10.4. The van der Waals surface area contributed by atoms with Gasteiger partial charge in [0, 0.05) is 59.1 Å². The number of halogens is 5. The van der Waals surface area contributed by atoms with Crippen molar-refractivity contribution in [2.45, 2.75) is 13.8 Å². The summed E-state index contributed by atoms with van der Waals surface area (Å²) in [7, 11) is 5.47. The van der Waals surface area contributed by atoms with E-state index in [1.807, 2.05) is 0 Å². The Labute approximate surface area is 288 Å². The standard InChI is InChI=1S/2C6H12N2.C3H3BN2O.CF3.2ClH.2K.H2O/c2*1-3-8-5-4-7(2)6-8;1-7-4(2-5)3-6;2-1(3)4;;;;;/h2*4-5H,3,6H2,1-2H3;1H3;;2*1H;;;1H2/q;;;-1;;;2*+1;/p-2. The van der Waals surface area contributed by atoms with Crippen LogP contribution in [0.5, 0.6) is 0 Å². The molecule has 32 heavy (non-hydrogen) atoms. The number of nitriles is 2. The van der Waals surface area contributed by atoms with E-state index < -0.39 is 13.6 Å². The molecule has 0 radical (unpaired) electrons. The minimum Gasteiger partial charge on any atom is -1.00 e. The third-order valence-corrected chi connectivity index (χ3v) is 3.16. The molecule has 0 unspecified atom stereocenters. The Morgan fingerprint density at radius 1 is 0.875 bits per heavy atom. The molecule has 0 aliphatic carbocycles. The summed E-state index contributed by atoms with van der Waals surface area (Å²) in [6, 6.07) is 0. The molecule has 0 saturated heterocycles. The van der Waals surface area contributed by atoms with Crippen molar-refractivity contribution in [1.29, 1.82) is 10.5 Å². The van der Waals surface area contributed by atoms with E-state index in [1.54, 1.807) is 11.9 Å². The average molecular weight is 554 g/mol. The van der Waals surface area contributed by atoms with Crippen molar-refractivity contribution >= 4 is 6.92 Å². The largest absolute Gasteiger partial charge is 1.00 e. The Morgan fingerprint density at radius 3 is 1.22 bits per heavy atom. The minimum absolute atomic E-state index is 0. The molecule has 0 aromatic carbocycles. The summed E-state index contributed by atoms with van der Waals surface area (Å²) >= 11 is 0. The van der Waals surface area contributed by atoms with Gasteiger partial charge < -0.3 is 67.7 Å². The van der Waals surface area contributed by atoms with E-state index in [9.17, 15) is 13.2 Å². The first-order chi connectivity index (χ1) is 12.7. The third-order valence-electron chi connectivity index (χ3n) is 3.16. The Balaban J connectivity index is -0.0000000507. The average Bonchev–Trinajstić information content (AvgIpc) is 3.25. The van der Waals surface area contributed by atoms with E-state index in [4.69, 9.17) is 10.5 Å². The summed E-state index contributed by atoms with van der Waals surface area (Å²) in [5.41, 5.74) is 0. The van der Waals surface area contributed by atoms with Crippen molar-refractivity contribution in [3.8, 4) is 11.9 Å². The molecule has 2 aliphatic rings. The molecule has 0 saturated carbocycles. The molecule has 2 aliphatic heterocycles. The Hall–Kier alpha value is 1.29. The fourth-order valence-electron chi connectivity index (χ4n) is 1.72. The molecule has 176 valence electrons. The molecular weight excluding hydrogens is 525 g/mol. The Morgan fingerprint density at radius 2 is 1.16 bits per heavy atom. The van der Waals surface area contributed by atoms with Gasteiger partial charge in [-0.15, -0.1) is 0 Å². The molecule has 0 fully saturated rings. The van der Waals surface area contributed by atoms with Crippen LogP contribution >= 0.6 is 0 Å². The van der Waals surface area contributed by atoms with Gasteiger partial charge in [-0.25, -0.2) is 10.5 Å². The van der Waals surface area contributed by atoms with Gasteiger partial charge in [-0.3, -0.25) is 0 Å². The molecule has 0 amide bonds. The van der Waals surface area contributed by atoms with Crippen LogP contribution in [0, 0.1) is 29.1 Å². The zero-order chi connectivity index (χ0) is 21.2. The van der Waals surface area contributed by atoms with Crippen LogP contribution in [0.25, 0.3) is 0 Å². The zero-order valence-corrected chi connectivity index (χ0v) is 27.5. The van der Waals surface area contributed by atoms with Crippen molar-refractivity contribution in [1.82, 2.24) is 19.6 Å². The van der Waals surface area contributed by atoms with Gasteiger partial charge in [-0.1, -0.05) is 0 Å². The van der Waals surface area contributed by atoms with Gasteiger partial charge >= 0.3 is 110 Å². The SMILES string of the molecule is CCN1C=CN(C)C1.CCN1C=CN(C)C1.COB(C#N)C#N.F[C-](F)F.O.[Cl-].[Cl-].[K+].[K+]. The molecule has 16 heteroatoms. The van der Waals surface area contributed by atoms with Crippen LogP contribution in [0.4, 0.5) is 13.2 Å². The van der Waals surface area contributed by atoms with Gasteiger partial charge in [-0.05, 0) is 13.8 Å². The summed E-state index contributed by atoms with van der Waals surface area (Å²) in [5, 5.41) is 15.9. The summed E-state index contributed by atoms with van der Waals surface area (Å²) < 4.78 is 33.1. The van der Waals surface area contributed by atoms with Crippen molar-refractivity contribution in [2.75, 3.05) is 47.6 Å². The molecule has 2 N–H and O–H groups in total. The van der Waals surface area contributed by atoms with Crippen molar-refractivity contribution in [3.63, 3.8) is 0 Å². The number of rotatable bonds is 3. The van der Waals surface area contributed by atoms with E-state index in [-0.39, 0.29) is 133 Å². The van der Waals surface area contributed by atoms with Crippen LogP contribution < -0.4 is 128 Å². The molecule has 2 heterocycles. The predicted molar refractivity (Wildman–Crippen MR) is 102 cm³/mol. The first-order valence-corrected chi connectivity index (χ1v) is 8.14. The summed E-state index contributed by atoms with van der Waals surface area (Å²) in [4.78, 5) is 8.81. The number of nitrogens with zero attached hydrogens (tertiary/aromatic N) is 6. The normalized spacial score (nSPS) is 11.6. The molecule has 0 atom stereocenters. The maximum absolute atomic E-state index is 9.58. The maximum Gasteiger partial charge on any atom is 1.00 e. The van der Waals surface area contributed by atoms with Gasteiger partial charge in [0.05, 0.1) is 25.3 Å². The van der Waals surface area contributed by atoms with E-state index >= 15 is 0 Å². The monoisotopic (exact) mass is 553 g/mol. The van der Waals surface area contributed by atoms with Crippen molar-refractivity contribution < 1.29 is 151 Å². The van der Waals surface area contributed by atoms with E-state index in [0.717, 1.165) is 26.4 Å². The van der Waals surface area contributed by atoms with Crippen LogP contribution in [-0.4, -0.2) is 79.6 Å². The minimum atomic E-state index is -3.08. The zero-order valence-electron chi connectivity index (χ0n) is 19.7. The van der Waals surface area contributed by atoms with E-state index in [1.165, 1.54) is 7.11 Å². The first kappa shape index (κ1) is 50.2. The van der Waals surface area contributed by atoms with E-state index in [2.05, 4.69) is 77.0 Å². The molecule has 0 bridgehead atoms. The van der Waals surface area contributed by atoms with Gasteiger partial charge in [0.2, 0.25) is 0 Å². The second-order valence-electron chi connectivity index (χ2n) is 5.29. The molecule has 8 nitrogen and oxygen atoms in total. The molecule has 0 spiro atoms. The van der Waals surface area contributed by atoms with Gasteiger partial charge in [0.25, 0.3) is 0 Å². The van der Waals surface area contributed by atoms with Crippen LogP contribution in [0.3, 0.4) is 0 Å². The smallest absolute Gasteiger partial charge is 1.00 e. The quantitative estimate of drug-likeness (QED) is 0.253. The van der Waals surface area contributed by atoms with Crippen molar-refractivity contribution in [2.24, 2.45) is 0 Å². The second kappa shape index (κ2) is 34.5. The fourth-order valence-corrected chi connectivity index (χ4v) is 1.72. The maximum atomic E-state index is 9.58. The van der Waals surface area contributed by atoms with Crippen LogP contribution in [0.1, 0.15) is 13.8 Å². The topological polar surface area (TPSA) is 101 Å². The Kier molecular flexibility index (Phi) is 54.1. The number of hydrogen-bond donors (Lipinski definition) is 0. The third kappa shape index (κ3) is 33.5. The Bertz CT molecular complexity index is 492. The van der Waals surface area contributed by atoms with Gasteiger partial charge in [0.15, 0.2) is 6.68 Å². The first-order valence-electron chi connectivity index (χ1n) is 8.14. The fraction of sp³-hybridized carbons (Fsp3) is 0.562. The van der Waals surface area contributed by atoms with E-state index in [0.29, 0.717) is 0 Å². The van der Waals surface area contributed by atoms with Crippen LogP contribution in [-0.2, 0) is 4.65 Å². The summed E-state index contributed by atoms with van der Waals surface area (Å²) in [6.07, 6.45) is 8.40. The summed E-state index contributed by atoms with van der Waals surface area (Å²) in [5.74, 6) is 3.24. The van der Waals surface area contributed by atoms with Gasteiger partial charge in [-0.2, -0.15) is 0 Å². The molecule has 0 aromatic rings. The van der Waals surface area contributed by atoms with Crippen LogP contribution in [0.2, 0.25) is 0 Å². The summed E-state index contributed by atoms with van der Waals surface area (Å²) in [6.45, 7) is 4.65. The number of hydrogen-bond acceptors (Lipinski definition) is 7. The van der Waals surface area contributed by atoms with Crippen LogP contribution in [0.15, 0.2) is 24.8 Å². The molecular formula is C16H29BCl2F3K2N6O2-. The molecule has 0 aromatic heterocycles.